The molecule has 6 heteroatoms. The first-order valence-electron chi connectivity index (χ1n) is 10.0. The molecule has 0 aliphatic rings. The summed E-state index contributed by atoms with van der Waals surface area (Å²) >= 11 is 0. The van der Waals surface area contributed by atoms with E-state index < -0.39 is 0 Å². The Kier molecular flexibility index (Phi) is 7.27. The fraction of sp³-hybridized carbons (Fsp3) is 0.250. The number of guanidine groups is 1. The van der Waals surface area contributed by atoms with E-state index in [1.807, 2.05) is 54.1 Å². The number of aliphatic imine (C=N–C) groups is 1. The van der Waals surface area contributed by atoms with Gasteiger partial charge in [-0.3, -0.25) is 4.99 Å². The summed E-state index contributed by atoms with van der Waals surface area (Å²) < 4.78 is 7.71. The Morgan fingerprint density at radius 1 is 1.07 bits per heavy atom. The van der Waals surface area contributed by atoms with Crippen molar-refractivity contribution in [3.05, 3.63) is 89.8 Å². The molecule has 0 amide bonds. The summed E-state index contributed by atoms with van der Waals surface area (Å²) in [7, 11) is 1.77. The molecule has 0 unspecified atom stereocenters. The maximum atomic E-state index is 5.73. The highest BCUT2D eigenvalue weighted by molar-refractivity contribution is 5.79. The third-order valence-electron chi connectivity index (χ3n) is 4.87. The van der Waals surface area contributed by atoms with Gasteiger partial charge in [-0.1, -0.05) is 49.1 Å². The molecule has 6 nitrogen and oxygen atoms in total. The molecule has 0 aliphatic carbocycles. The van der Waals surface area contributed by atoms with Crippen molar-refractivity contribution in [2.75, 3.05) is 13.7 Å². The molecule has 0 saturated heterocycles. The van der Waals surface area contributed by atoms with Crippen LogP contribution in [0.3, 0.4) is 0 Å². The van der Waals surface area contributed by atoms with Gasteiger partial charge < -0.3 is 15.4 Å². The number of hydrogen-bond donors (Lipinski definition) is 2. The summed E-state index contributed by atoms with van der Waals surface area (Å²) in [5.74, 6) is 1.57. The fourth-order valence-electron chi connectivity index (χ4n) is 3.26. The minimum atomic E-state index is 0.480. The molecule has 2 aromatic carbocycles. The minimum absolute atomic E-state index is 0.480. The van der Waals surface area contributed by atoms with Crippen LogP contribution in [0.4, 0.5) is 0 Å². The van der Waals surface area contributed by atoms with Crippen molar-refractivity contribution in [3.8, 4) is 11.4 Å². The Bertz CT molecular complexity index is 1010. The van der Waals surface area contributed by atoms with E-state index in [9.17, 15) is 0 Å². The molecule has 3 aromatic rings. The van der Waals surface area contributed by atoms with E-state index >= 15 is 0 Å². The highest BCUT2D eigenvalue weighted by Gasteiger charge is 2.13. The zero-order chi connectivity index (χ0) is 21.3. The zero-order valence-electron chi connectivity index (χ0n) is 17.9. The van der Waals surface area contributed by atoms with Gasteiger partial charge in [-0.2, -0.15) is 5.10 Å². The smallest absolute Gasteiger partial charge is 0.191 e. The highest BCUT2D eigenvalue weighted by atomic mass is 16.5. The van der Waals surface area contributed by atoms with Crippen LogP contribution in [0.25, 0.3) is 5.69 Å². The molecule has 0 bridgehead atoms. The van der Waals surface area contributed by atoms with E-state index in [2.05, 4.69) is 41.3 Å². The van der Waals surface area contributed by atoms with Crippen molar-refractivity contribution in [1.82, 2.24) is 20.4 Å². The summed E-state index contributed by atoms with van der Waals surface area (Å²) in [4.78, 5) is 4.34. The summed E-state index contributed by atoms with van der Waals surface area (Å²) in [5.41, 5.74) is 5.40. The number of aromatic nitrogens is 2. The van der Waals surface area contributed by atoms with Crippen molar-refractivity contribution in [2.45, 2.75) is 26.9 Å². The molecule has 0 spiro atoms. The molecule has 0 radical (unpaired) electrons. The van der Waals surface area contributed by atoms with Crippen molar-refractivity contribution in [2.24, 2.45) is 4.99 Å². The van der Waals surface area contributed by atoms with E-state index in [1.54, 1.807) is 13.1 Å². The van der Waals surface area contributed by atoms with E-state index in [-0.39, 0.29) is 0 Å². The first-order chi connectivity index (χ1) is 14.6. The van der Waals surface area contributed by atoms with Crippen LogP contribution in [0.2, 0.25) is 0 Å². The second-order valence-electron chi connectivity index (χ2n) is 6.88. The Balaban J connectivity index is 1.64. The highest BCUT2D eigenvalue weighted by Crippen LogP contribution is 2.19. The average molecular weight is 404 g/mol. The van der Waals surface area contributed by atoms with Gasteiger partial charge in [0.1, 0.15) is 12.4 Å². The molecule has 0 aliphatic heterocycles. The van der Waals surface area contributed by atoms with Crippen LogP contribution < -0.4 is 15.4 Å². The van der Waals surface area contributed by atoms with Crippen LogP contribution >= 0.6 is 0 Å². The van der Waals surface area contributed by atoms with Gasteiger partial charge in [0.2, 0.25) is 0 Å². The lowest BCUT2D eigenvalue weighted by molar-refractivity contribution is 0.358. The van der Waals surface area contributed by atoms with Gasteiger partial charge in [-0.25, -0.2) is 4.68 Å². The van der Waals surface area contributed by atoms with Crippen molar-refractivity contribution in [1.29, 1.82) is 0 Å². The third kappa shape index (κ3) is 5.08. The van der Waals surface area contributed by atoms with Crippen LogP contribution in [-0.4, -0.2) is 29.4 Å². The molecular formula is C24H29N5O. The standard InChI is InChI=1S/C24H29N5O/c1-5-15-30-23-14-10-9-11-20(23)16-26-24(25-4)27-17-22-18(2)28-29(19(22)3)21-12-7-6-8-13-21/h5-14H,1,15-17H2,2-4H3,(H2,25,26,27). The summed E-state index contributed by atoms with van der Waals surface area (Å²) in [5, 5.41) is 11.5. The summed E-state index contributed by atoms with van der Waals surface area (Å²) in [6.07, 6.45) is 1.74. The van der Waals surface area contributed by atoms with Crippen LogP contribution in [0.5, 0.6) is 5.75 Å². The predicted octanol–water partition coefficient (Wildman–Crippen LogP) is 3.92. The van der Waals surface area contributed by atoms with Gasteiger partial charge in [-0.05, 0) is 32.0 Å². The number of benzene rings is 2. The van der Waals surface area contributed by atoms with Gasteiger partial charge >= 0.3 is 0 Å². The van der Waals surface area contributed by atoms with Gasteiger partial charge in [0.05, 0.1) is 11.4 Å². The average Bonchev–Trinajstić information content (AvgIpc) is 3.07. The molecule has 30 heavy (non-hydrogen) atoms. The quantitative estimate of drug-likeness (QED) is 0.340. The molecule has 1 heterocycles. The number of para-hydroxylation sites is 2. The van der Waals surface area contributed by atoms with Gasteiger partial charge in [0.15, 0.2) is 5.96 Å². The minimum Gasteiger partial charge on any atom is -0.489 e. The van der Waals surface area contributed by atoms with Crippen LogP contribution in [0, 0.1) is 13.8 Å². The van der Waals surface area contributed by atoms with Crippen molar-refractivity contribution in [3.63, 3.8) is 0 Å². The number of nitrogens with zero attached hydrogens (tertiary/aromatic N) is 3. The number of nitrogens with one attached hydrogen (secondary N) is 2. The molecule has 0 fully saturated rings. The van der Waals surface area contributed by atoms with Gasteiger partial charge in [0, 0.05) is 37.0 Å². The maximum Gasteiger partial charge on any atom is 0.191 e. The summed E-state index contributed by atoms with van der Waals surface area (Å²) in [6.45, 7) is 9.55. The van der Waals surface area contributed by atoms with Gasteiger partial charge in [-0.15, -0.1) is 0 Å². The lowest BCUT2D eigenvalue weighted by Gasteiger charge is -2.14. The zero-order valence-corrected chi connectivity index (χ0v) is 17.9. The Hall–Kier alpha value is -3.54. The first-order valence-corrected chi connectivity index (χ1v) is 10.0. The number of aryl methyl sites for hydroxylation is 1. The lowest BCUT2D eigenvalue weighted by Crippen LogP contribution is -2.36. The van der Waals surface area contributed by atoms with Crippen LogP contribution in [0.1, 0.15) is 22.5 Å². The summed E-state index contributed by atoms with van der Waals surface area (Å²) in [6, 6.07) is 18.1. The molecule has 1 aromatic heterocycles. The van der Waals surface area contributed by atoms with Crippen LogP contribution in [0.15, 0.2) is 72.2 Å². The number of ether oxygens (including phenoxy) is 1. The Morgan fingerprint density at radius 2 is 1.77 bits per heavy atom. The molecule has 3 rings (SSSR count). The van der Waals surface area contributed by atoms with E-state index in [0.29, 0.717) is 19.7 Å². The first kappa shape index (κ1) is 21.2. The van der Waals surface area contributed by atoms with Crippen LogP contribution in [-0.2, 0) is 13.1 Å². The second kappa shape index (κ2) is 10.3. The lowest BCUT2D eigenvalue weighted by atomic mass is 10.2. The van der Waals surface area contributed by atoms with E-state index in [0.717, 1.165) is 39.9 Å². The maximum absolute atomic E-state index is 5.73. The largest absolute Gasteiger partial charge is 0.489 e. The number of hydrogen-bond acceptors (Lipinski definition) is 3. The van der Waals surface area contributed by atoms with E-state index in [1.165, 1.54) is 0 Å². The molecule has 2 N–H and O–H groups in total. The monoisotopic (exact) mass is 403 g/mol. The van der Waals surface area contributed by atoms with Crippen molar-refractivity contribution >= 4 is 5.96 Å². The van der Waals surface area contributed by atoms with Crippen molar-refractivity contribution < 1.29 is 4.74 Å². The fourth-order valence-corrected chi connectivity index (χ4v) is 3.26. The molecule has 0 atom stereocenters. The van der Waals surface area contributed by atoms with E-state index in [4.69, 9.17) is 9.84 Å². The Labute approximate surface area is 178 Å². The van der Waals surface area contributed by atoms with Gasteiger partial charge in [0.25, 0.3) is 0 Å². The normalized spacial score (nSPS) is 11.2. The third-order valence-corrected chi connectivity index (χ3v) is 4.87. The second-order valence-corrected chi connectivity index (χ2v) is 6.88. The topological polar surface area (TPSA) is 63.5 Å². The number of rotatable bonds is 8. The Morgan fingerprint density at radius 3 is 2.50 bits per heavy atom. The molecule has 0 saturated carbocycles. The molecular weight excluding hydrogens is 374 g/mol. The molecule has 156 valence electrons. The predicted molar refractivity (Wildman–Crippen MR) is 122 cm³/mol. The SMILES string of the molecule is C=CCOc1ccccc1CNC(=NC)NCc1c(C)nn(-c2ccccc2)c1C.